The lowest BCUT2D eigenvalue weighted by molar-refractivity contribution is -0.143. The van der Waals surface area contributed by atoms with E-state index in [1.807, 2.05) is 11.4 Å². The van der Waals surface area contributed by atoms with Crippen LogP contribution in [0, 0.1) is 0 Å². The van der Waals surface area contributed by atoms with Crippen molar-refractivity contribution < 1.29 is 19.5 Å². The molecule has 2 rings (SSSR count). The summed E-state index contributed by atoms with van der Waals surface area (Å²) in [6, 6.07) is 0.238. The van der Waals surface area contributed by atoms with Gasteiger partial charge in [0.05, 0.1) is 10.2 Å². The highest BCUT2D eigenvalue weighted by Gasteiger charge is 2.34. The molecule has 1 saturated heterocycles. The number of piperazine rings is 1. The average molecular weight is 347 g/mol. The van der Waals surface area contributed by atoms with E-state index in [1.165, 1.54) is 11.3 Å². The Labute approximate surface area is 121 Å². The molecule has 1 aromatic rings. The van der Waals surface area contributed by atoms with Crippen molar-refractivity contribution in [3.8, 4) is 0 Å². The van der Waals surface area contributed by atoms with Crippen molar-refractivity contribution in [2.24, 2.45) is 0 Å². The molecule has 2 heterocycles. The summed E-state index contributed by atoms with van der Waals surface area (Å²) in [7, 11) is 0. The quantitative estimate of drug-likeness (QED) is 0.740. The second-order valence-corrected chi connectivity index (χ2v) is 6.47. The van der Waals surface area contributed by atoms with Crippen molar-refractivity contribution in [2.45, 2.75) is 24.9 Å². The van der Waals surface area contributed by atoms with Gasteiger partial charge in [0.25, 0.3) is 0 Å². The minimum Gasteiger partial charge on any atom is -0.481 e. The third kappa shape index (κ3) is 3.54. The number of rotatable bonds is 4. The maximum absolute atomic E-state index is 11.8. The fourth-order valence-corrected chi connectivity index (χ4v) is 3.05. The van der Waals surface area contributed by atoms with Gasteiger partial charge in [-0.3, -0.25) is 14.4 Å². The molecule has 1 unspecified atom stereocenters. The van der Waals surface area contributed by atoms with Crippen molar-refractivity contribution in [3.63, 3.8) is 0 Å². The molecule has 6 nitrogen and oxygen atoms in total. The topological polar surface area (TPSA) is 95.5 Å². The number of amides is 2. The summed E-state index contributed by atoms with van der Waals surface area (Å²) < 4.78 is 0.953. The predicted molar refractivity (Wildman–Crippen MR) is 71.8 cm³/mol. The monoisotopic (exact) mass is 346 g/mol. The molecule has 1 aliphatic heterocycles. The molecule has 1 fully saturated rings. The molecular formula is C11H11BrN2O4S. The zero-order valence-electron chi connectivity index (χ0n) is 9.68. The van der Waals surface area contributed by atoms with Gasteiger partial charge in [0, 0.05) is 6.42 Å². The number of carboxylic acids is 1. The summed E-state index contributed by atoms with van der Waals surface area (Å²) in [6.07, 6.45) is -0.0201. The highest BCUT2D eigenvalue weighted by atomic mass is 79.9. The maximum atomic E-state index is 11.8. The first-order chi connectivity index (χ1) is 8.95. The number of halogens is 1. The van der Waals surface area contributed by atoms with Crippen LogP contribution in [0.5, 0.6) is 0 Å². The zero-order chi connectivity index (χ0) is 14.0. The molecule has 0 spiro atoms. The smallest absolute Gasteiger partial charge is 0.305 e. The van der Waals surface area contributed by atoms with Gasteiger partial charge in [-0.1, -0.05) is 0 Å². The summed E-state index contributed by atoms with van der Waals surface area (Å²) in [6.45, 7) is 0. The van der Waals surface area contributed by atoms with Gasteiger partial charge < -0.3 is 15.7 Å². The SMILES string of the molecule is O=C(O)C[C@@H]1NC(=O)C(Cc2csc(Br)c2)NC1=O. The number of hydrogen-bond acceptors (Lipinski definition) is 4. The Morgan fingerprint density at radius 2 is 1.95 bits per heavy atom. The molecule has 3 N–H and O–H groups in total. The molecule has 19 heavy (non-hydrogen) atoms. The lowest BCUT2D eigenvalue weighted by Crippen LogP contribution is -2.62. The molecule has 0 radical (unpaired) electrons. The third-order valence-corrected chi connectivity index (χ3v) is 4.26. The van der Waals surface area contributed by atoms with Crippen LogP contribution >= 0.6 is 27.3 Å². The van der Waals surface area contributed by atoms with Crippen LogP contribution in [0.3, 0.4) is 0 Å². The van der Waals surface area contributed by atoms with E-state index in [4.69, 9.17) is 5.11 Å². The number of carboxylic acid groups (broad SMARTS) is 1. The summed E-state index contributed by atoms with van der Waals surface area (Å²) in [4.78, 5) is 34.1. The molecule has 1 aromatic heterocycles. The third-order valence-electron chi connectivity index (χ3n) is 2.71. The van der Waals surface area contributed by atoms with Crippen LogP contribution in [0.15, 0.2) is 15.2 Å². The lowest BCUT2D eigenvalue weighted by Gasteiger charge is -2.28. The van der Waals surface area contributed by atoms with Crippen LogP contribution in [0.2, 0.25) is 0 Å². The van der Waals surface area contributed by atoms with E-state index in [0.29, 0.717) is 6.42 Å². The van der Waals surface area contributed by atoms with Crippen LogP contribution in [0.25, 0.3) is 0 Å². The maximum Gasteiger partial charge on any atom is 0.305 e. The number of aliphatic carboxylic acids is 1. The largest absolute Gasteiger partial charge is 0.481 e. The van der Waals surface area contributed by atoms with Gasteiger partial charge >= 0.3 is 5.97 Å². The van der Waals surface area contributed by atoms with Crippen molar-refractivity contribution >= 4 is 45.1 Å². The first kappa shape index (κ1) is 14.0. The van der Waals surface area contributed by atoms with Crippen LogP contribution in [0.4, 0.5) is 0 Å². The average Bonchev–Trinajstić information content (AvgIpc) is 2.70. The fourth-order valence-electron chi connectivity index (χ4n) is 1.83. The highest BCUT2D eigenvalue weighted by molar-refractivity contribution is 9.11. The van der Waals surface area contributed by atoms with Crippen molar-refractivity contribution in [3.05, 3.63) is 20.8 Å². The van der Waals surface area contributed by atoms with Gasteiger partial charge in [-0.05, 0) is 32.9 Å². The summed E-state index contributed by atoms with van der Waals surface area (Å²) in [5.41, 5.74) is 0.939. The number of hydrogen-bond donors (Lipinski definition) is 3. The van der Waals surface area contributed by atoms with E-state index in [-0.39, 0.29) is 5.91 Å². The second-order valence-electron chi connectivity index (χ2n) is 4.18. The van der Waals surface area contributed by atoms with Gasteiger partial charge in [0.15, 0.2) is 0 Å². The van der Waals surface area contributed by atoms with E-state index < -0.39 is 30.4 Å². The Bertz CT molecular complexity index is 531. The van der Waals surface area contributed by atoms with E-state index in [1.54, 1.807) is 0 Å². The van der Waals surface area contributed by atoms with Crippen LogP contribution < -0.4 is 10.6 Å². The van der Waals surface area contributed by atoms with Crippen LogP contribution in [-0.2, 0) is 20.8 Å². The lowest BCUT2D eigenvalue weighted by atomic mass is 10.0. The minimum atomic E-state index is -1.12. The van der Waals surface area contributed by atoms with Crippen molar-refractivity contribution in [2.75, 3.05) is 0 Å². The Morgan fingerprint density at radius 1 is 1.32 bits per heavy atom. The molecule has 0 saturated carbocycles. The molecular weight excluding hydrogens is 336 g/mol. The highest BCUT2D eigenvalue weighted by Crippen LogP contribution is 2.22. The standard InChI is InChI=1S/C11H11BrN2O4S/c12-8-2-5(4-19-8)1-6-10(17)14-7(3-9(15)16)11(18)13-6/h2,4,6-7H,1,3H2,(H,13,18)(H,14,17)(H,15,16)/t6?,7-/m0/s1. The number of thiophene rings is 1. The van der Waals surface area contributed by atoms with Crippen molar-refractivity contribution in [1.82, 2.24) is 10.6 Å². The van der Waals surface area contributed by atoms with Crippen LogP contribution in [-0.4, -0.2) is 35.0 Å². The number of nitrogens with one attached hydrogen (secondary N) is 2. The second kappa shape index (κ2) is 5.70. The van der Waals surface area contributed by atoms with Gasteiger partial charge in [-0.25, -0.2) is 0 Å². The summed E-state index contributed by atoms with van der Waals surface area (Å²) in [5, 5.41) is 15.5. The molecule has 8 heteroatoms. The molecule has 2 amide bonds. The molecule has 0 aromatic carbocycles. The van der Waals surface area contributed by atoms with Crippen molar-refractivity contribution in [1.29, 1.82) is 0 Å². The van der Waals surface area contributed by atoms with Gasteiger partial charge in [-0.15, -0.1) is 11.3 Å². The normalized spacial score (nSPS) is 22.8. The Kier molecular flexibility index (Phi) is 4.20. The number of carbonyl (C=O) groups is 3. The van der Waals surface area contributed by atoms with E-state index >= 15 is 0 Å². The van der Waals surface area contributed by atoms with Gasteiger partial charge in [0.1, 0.15) is 12.1 Å². The molecule has 0 aliphatic carbocycles. The van der Waals surface area contributed by atoms with Crippen LogP contribution in [0.1, 0.15) is 12.0 Å². The fraction of sp³-hybridized carbons (Fsp3) is 0.364. The molecule has 1 aliphatic rings. The van der Waals surface area contributed by atoms with E-state index in [2.05, 4.69) is 26.6 Å². The minimum absolute atomic E-state index is 0.354. The van der Waals surface area contributed by atoms with Gasteiger partial charge in [0.2, 0.25) is 11.8 Å². The summed E-state index contributed by atoms with van der Waals surface area (Å²) >= 11 is 4.82. The van der Waals surface area contributed by atoms with E-state index in [0.717, 1.165) is 9.35 Å². The Hall–Kier alpha value is -1.41. The zero-order valence-corrected chi connectivity index (χ0v) is 12.1. The molecule has 0 bridgehead atoms. The Morgan fingerprint density at radius 3 is 2.53 bits per heavy atom. The predicted octanol–water partition coefficient (Wildman–Crippen LogP) is 0.511. The first-order valence-corrected chi connectivity index (χ1v) is 7.18. The Balaban J connectivity index is 2.00. The number of carbonyl (C=O) groups excluding carboxylic acids is 2. The van der Waals surface area contributed by atoms with Gasteiger partial charge in [-0.2, -0.15) is 0 Å². The molecule has 2 atom stereocenters. The molecule has 102 valence electrons. The first-order valence-electron chi connectivity index (χ1n) is 5.51. The van der Waals surface area contributed by atoms with E-state index in [9.17, 15) is 14.4 Å². The summed E-state index contributed by atoms with van der Waals surface area (Å²) in [5.74, 6) is -1.94.